The van der Waals surface area contributed by atoms with Gasteiger partial charge in [-0.05, 0) is 74.6 Å². The number of hydrogen-bond donors (Lipinski definition) is 2. The summed E-state index contributed by atoms with van der Waals surface area (Å²) in [7, 11) is 0. The molecule has 0 unspecified atom stereocenters. The number of hydrogen-bond acceptors (Lipinski definition) is 4. The standard InChI is InChI=1S/C26H35N3O3/c1-6-7-13-27-22-10-8-9-20(15-22)21-11-12-25-23(16-21)24(28-26(31)32-17(2)3)14-18(4)29(25)19(5)30/h8-12,15-18,24,27H,6-7,13-14H2,1-5H3,(H,28,31)/t18-,24+/m0/s1. The van der Waals surface area contributed by atoms with Gasteiger partial charge in [0.05, 0.1) is 12.1 Å². The smallest absolute Gasteiger partial charge is 0.407 e. The zero-order valence-corrected chi connectivity index (χ0v) is 19.8. The lowest BCUT2D eigenvalue weighted by atomic mass is 9.89. The quantitative estimate of drug-likeness (QED) is 0.530. The van der Waals surface area contributed by atoms with Gasteiger partial charge in [-0.3, -0.25) is 4.79 Å². The van der Waals surface area contributed by atoms with Crippen LogP contribution in [0.5, 0.6) is 0 Å². The molecule has 2 atom stereocenters. The number of alkyl carbamates (subject to hydrolysis) is 1. The predicted octanol–water partition coefficient (Wildman–Crippen LogP) is 5.89. The van der Waals surface area contributed by atoms with Crippen molar-refractivity contribution in [1.29, 1.82) is 0 Å². The van der Waals surface area contributed by atoms with Gasteiger partial charge in [0.15, 0.2) is 0 Å². The summed E-state index contributed by atoms with van der Waals surface area (Å²) in [5.41, 5.74) is 4.99. The van der Waals surface area contributed by atoms with Gasteiger partial charge in [0, 0.05) is 30.9 Å². The Morgan fingerprint density at radius 1 is 1.16 bits per heavy atom. The van der Waals surface area contributed by atoms with E-state index in [0.717, 1.165) is 47.5 Å². The van der Waals surface area contributed by atoms with Crippen LogP contribution < -0.4 is 15.5 Å². The van der Waals surface area contributed by atoms with Crippen LogP contribution >= 0.6 is 0 Å². The molecule has 0 saturated carbocycles. The van der Waals surface area contributed by atoms with Crippen molar-refractivity contribution in [2.75, 3.05) is 16.8 Å². The minimum atomic E-state index is -0.438. The SMILES string of the molecule is CCCCNc1cccc(-c2ccc3c(c2)[C@H](NC(=O)OC(C)C)C[C@H](C)N3C(C)=O)c1. The van der Waals surface area contributed by atoms with Crippen LogP contribution in [0.3, 0.4) is 0 Å². The number of ether oxygens (including phenoxy) is 1. The molecule has 0 saturated heterocycles. The maximum absolute atomic E-state index is 12.4. The van der Waals surface area contributed by atoms with Gasteiger partial charge in [0.1, 0.15) is 0 Å². The van der Waals surface area contributed by atoms with E-state index in [1.165, 1.54) is 0 Å². The molecule has 1 heterocycles. The second kappa shape index (κ2) is 10.5. The fourth-order valence-corrected chi connectivity index (χ4v) is 4.27. The topological polar surface area (TPSA) is 70.7 Å². The van der Waals surface area contributed by atoms with E-state index in [9.17, 15) is 9.59 Å². The molecule has 0 aliphatic carbocycles. The maximum atomic E-state index is 12.4. The van der Waals surface area contributed by atoms with Crippen molar-refractivity contribution >= 4 is 23.4 Å². The lowest BCUT2D eigenvalue weighted by Crippen LogP contribution is -2.45. The molecular formula is C26H35N3O3. The van der Waals surface area contributed by atoms with Gasteiger partial charge in [-0.2, -0.15) is 0 Å². The Balaban J connectivity index is 1.95. The van der Waals surface area contributed by atoms with Crippen molar-refractivity contribution in [1.82, 2.24) is 5.32 Å². The van der Waals surface area contributed by atoms with E-state index in [1.54, 1.807) is 6.92 Å². The number of fused-ring (bicyclic) bond motifs is 1. The van der Waals surface area contributed by atoms with E-state index in [-0.39, 0.29) is 24.1 Å². The first kappa shape index (κ1) is 23.6. The van der Waals surface area contributed by atoms with Crippen LogP contribution in [0, 0.1) is 0 Å². The second-order valence-electron chi connectivity index (χ2n) is 8.76. The molecule has 0 bridgehead atoms. The second-order valence-corrected chi connectivity index (χ2v) is 8.76. The van der Waals surface area contributed by atoms with Crippen LogP contribution in [0.4, 0.5) is 16.2 Å². The summed E-state index contributed by atoms with van der Waals surface area (Å²) in [4.78, 5) is 26.5. The van der Waals surface area contributed by atoms with E-state index in [2.05, 4.69) is 41.8 Å². The molecule has 1 aliphatic rings. The van der Waals surface area contributed by atoms with E-state index in [1.807, 2.05) is 43.9 Å². The van der Waals surface area contributed by atoms with Gasteiger partial charge >= 0.3 is 6.09 Å². The van der Waals surface area contributed by atoms with Crippen molar-refractivity contribution in [3.05, 3.63) is 48.0 Å². The van der Waals surface area contributed by atoms with Gasteiger partial charge in [-0.15, -0.1) is 0 Å². The average molecular weight is 438 g/mol. The molecule has 0 spiro atoms. The van der Waals surface area contributed by atoms with Crippen LogP contribution in [-0.2, 0) is 9.53 Å². The van der Waals surface area contributed by atoms with E-state index < -0.39 is 6.09 Å². The lowest BCUT2D eigenvalue weighted by molar-refractivity contribution is -0.117. The maximum Gasteiger partial charge on any atom is 0.407 e. The van der Waals surface area contributed by atoms with Crippen LogP contribution in [-0.4, -0.2) is 30.7 Å². The molecule has 0 fully saturated rings. The number of rotatable bonds is 7. The number of nitrogens with one attached hydrogen (secondary N) is 2. The van der Waals surface area contributed by atoms with Gasteiger partial charge in [-0.25, -0.2) is 4.79 Å². The van der Waals surface area contributed by atoms with Gasteiger partial charge in [-0.1, -0.05) is 31.5 Å². The number of amides is 2. The van der Waals surface area contributed by atoms with Crippen molar-refractivity contribution in [2.45, 2.75) is 72.1 Å². The van der Waals surface area contributed by atoms with Crippen LogP contribution in [0.1, 0.15) is 65.5 Å². The number of carbonyl (C=O) groups excluding carboxylic acids is 2. The third-order valence-corrected chi connectivity index (χ3v) is 5.71. The molecular weight excluding hydrogens is 402 g/mol. The fraction of sp³-hybridized carbons (Fsp3) is 0.462. The molecule has 2 aromatic rings. The number of nitrogens with zero attached hydrogens (tertiary/aromatic N) is 1. The molecule has 3 rings (SSSR count). The summed E-state index contributed by atoms with van der Waals surface area (Å²) in [6.45, 7) is 10.4. The molecule has 2 N–H and O–H groups in total. The largest absolute Gasteiger partial charge is 0.447 e. The van der Waals surface area contributed by atoms with E-state index in [0.29, 0.717) is 6.42 Å². The molecule has 32 heavy (non-hydrogen) atoms. The van der Waals surface area contributed by atoms with Gasteiger partial charge in [0.2, 0.25) is 5.91 Å². The Kier molecular flexibility index (Phi) is 7.78. The summed E-state index contributed by atoms with van der Waals surface area (Å²) in [6.07, 6.45) is 2.27. The summed E-state index contributed by atoms with van der Waals surface area (Å²) in [5.74, 6) is -0.00294. The van der Waals surface area contributed by atoms with Crippen molar-refractivity contribution in [2.24, 2.45) is 0 Å². The molecule has 6 nitrogen and oxygen atoms in total. The van der Waals surface area contributed by atoms with Crippen molar-refractivity contribution in [3.63, 3.8) is 0 Å². The van der Waals surface area contributed by atoms with Gasteiger partial charge in [0.25, 0.3) is 0 Å². The highest BCUT2D eigenvalue weighted by atomic mass is 16.6. The summed E-state index contributed by atoms with van der Waals surface area (Å²) >= 11 is 0. The first-order valence-corrected chi connectivity index (χ1v) is 11.5. The van der Waals surface area contributed by atoms with Crippen molar-refractivity contribution < 1.29 is 14.3 Å². The van der Waals surface area contributed by atoms with Crippen LogP contribution in [0.15, 0.2) is 42.5 Å². The van der Waals surface area contributed by atoms with E-state index >= 15 is 0 Å². The normalized spacial score (nSPS) is 17.6. The Morgan fingerprint density at radius 3 is 2.59 bits per heavy atom. The Hall–Kier alpha value is -3.02. The Morgan fingerprint density at radius 2 is 1.91 bits per heavy atom. The third kappa shape index (κ3) is 5.61. The lowest BCUT2D eigenvalue weighted by Gasteiger charge is -2.39. The molecule has 172 valence electrons. The minimum Gasteiger partial charge on any atom is -0.447 e. The fourth-order valence-electron chi connectivity index (χ4n) is 4.27. The Bertz CT molecular complexity index is 957. The third-order valence-electron chi connectivity index (χ3n) is 5.71. The first-order valence-electron chi connectivity index (χ1n) is 11.5. The summed E-state index contributed by atoms with van der Waals surface area (Å²) in [5, 5.41) is 6.48. The molecule has 6 heteroatoms. The first-order chi connectivity index (χ1) is 15.3. The number of carbonyl (C=O) groups is 2. The highest BCUT2D eigenvalue weighted by Gasteiger charge is 2.33. The molecule has 2 aromatic carbocycles. The molecule has 1 aliphatic heterocycles. The minimum absolute atomic E-state index is 0.00294. The number of benzene rings is 2. The molecule has 0 aromatic heterocycles. The average Bonchev–Trinajstić information content (AvgIpc) is 2.73. The number of anilines is 2. The van der Waals surface area contributed by atoms with Gasteiger partial charge < -0.3 is 20.3 Å². The van der Waals surface area contributed by atoms with E-state index in [4.69, 9.17) is 4.74 Å². The highest BCUT2D eigenvalue weighted by Crippen LogP contribution is 2.40. The number of unbranched alkanes of at least 4 members (excludes halogenated alkanes) is 1. The highest BCUT2D eigenvalue weighted by molar-refractivity contribution is 5.94. The van der Waals surface area contributed by atoms with Crippen LogP contribution in [0.2, 0.25) is 0 Å². The van der Waals surface area contributed by atoms with Crippen LogP contribution in [0.25, 0.3) is 11.1 Å². The molecule has 2 amide bonds. The summed E-state index contributed by atoms with van der Waals surface area (Å²) in [6, 6.07) is 14.2. The zero-order chi connectivity index (χ0) is 23.3. The van der Waals surface area contributed by atoms with Crippen molar-refractivity contribution in [3.8, 4) is 11.1 Å². The Labute approximate surface area is 191 Å². The summed E-state index contributed by atoms with van der Waals surface area (Å²) < 4.78 is 5.32. The predicted molar refractivity (Wildman–Crippen MR) is 130 cm³/mol. The molecule has 0 radical (unpaired) electrons. The zero-order valence-electron chi connectivity index (χ0n) is 19.8. The monoisotopic (exact) mass is 437 g/mol.